The van der Waals surface area contributed by atoms with Crippen molar-refractivity contribution in [3.63, 3.8) is 0 Å². The molecule has 0 radical (unpaired) electrons. The second kappa shape index (κ2) is 9.03. The van der Waals surface area contributed by atoms with Crippen LogP contribution in [-0.4, -0.2) is 49.6 Å². The van der Waals surface area contributed by atoms with Crippen molar-refractivity contribution in [1.29, 1.82) is 0 Å². The van der Waals surface area contributed by atoms with Crippen LogP contribution in [0.15, 0.2) is 59.3 Å². The number of ketones is 2. The van der Waals surface area contributed by atoms with E-state index in [-0.39, 0.29) is 28.2 Å². The molecule has 0 fully saturated rings. The van der Waals surface area contributed by atoms with Crippen LogP contribution in [0.4, 0.5) is 0 Å². The molecule has 2 aromatic carbocycles. The van der Waals surface area contributed by atoms with Crippen molar-refractivity contribution in [3.05, 3.63) is 81.5 Å². The van der Waals surface area contributed by atoms with Crippen molar-refractivity contribution in [1.82, 2.24) is 15.5 Å². The van der Waals surface area contributed by atoms with E-state index in [2.05, 4.69) is 10.6 Å². The number of rotatable bonds is 7. The first-order chi connectivity index (χ1) is 13.9. The first-order valence-electron chi connectivity index (χ1n) is 9.22. The summed E-state index contributed by atoms with van der Waals surface area (Å²) in [5.74, 6) is -0.807. The molecule has 0 spiro atoms. The minimum atomic E-state index is -0.367. The predicted octanol–water partition coefficient (Wildman–Crippen LogP) is 2.60. The van der Waals surface area contributed by atoms with Crippen LogP contribution >= 0.6 is 11.6 Å². The lowest BCUT2D eigenvalue weighted by atomic mass is 9.92. The Morgan fingerprint density at radius 1 is 0.966 bits per heavy atom. The van der Waals surface area contributed by atoms with Crippen LogP contribution in [0.25, 0.3) is 0 Å². The lowest BCUT2D eigenvalue weighted by Gasteiger charge is -2.19. The summed E-state index contributed by atoms with van der Waals surface area (Å²) < 4.78 is 0. The van der Waals surface area contributed by atoms with Gasteiger partial charge in [-0.25, -0.2) is 0 Å². The Balaban J connectivity index is 1.64. The zero-order chi connectivity index (χ0) is 21.0. The number of fused-ring (bicyclic) bond motifs is 1. The molecule has 0 unspecified atom stereocenters. The summed E-state index contributed by atoms with van der Waals surface area (Å²) in [5.41, 5.74) is 2.17. The fourth-order valence-electron chi connectivity index (χ4n) is 2.96. The first kappa shape index (κ1) is 20.8. The molecule has 0 aromatic heterocycles. The molecule has 0 bridgehead atoms. The standard InChI is InChI=1S/C22H22ClN3O3/c1-26(2)12-11-24-22(29)15-9-7-14(8-10-15)13-25-19-18(23)20(27)16-5-3-4-6-17(16)21(19)28/h3-10,25H,11-13H2,1-2H3,(H,24,29). The molecular weight excluding hydrogens is 390 g/mol. The highest BCUT2D eigenvalue weighted by Gasteiger charge is 2.30. The lowest BCUT2D eigenvalue weighted by molar-refractivity contribution is 0.0950. The third-order valence-corrected chi connectivity index (χ3v) is 4.95. The van der Waals surface area contributed by atoms with Gasteiger partial charge in [0.15, 0.2) is 0 Å². The van der Waals surface area contributed by atoms with Crippen LogP contribution in [0, 0.1) is 0 Å². The molecule has 7 heteroatoms. The molecule has 2 aromatic rings. The van der Waals surface area contributed by atoms with Gasteiger partial charge < -0.3 is 15.5 Å². The zero-order valence-electron chi connectivity index (χ0n) is 16.3. The van der Waals surface area contributed by atoms with Crippen LogP contribution in [0.3, 0.4) is 0 Å². The molecule has 0 heterocycles. The zero-order valence-corrected chi connectivity index (χ0v) is 17.0. The molecule has 0 saturated carbocycles. The van der Waals surface area contributed by atoms with Gasteiger partial charge in [0.1, 0.15) is 10.7 Å². The van der Waals surface area contributed by atoms with E-state index < -0.39 is 0 Å². The third-order valence-electron chi connectivity index (χ3n) is 4.59. The molecular formula is C22H22ClN3O3. The second-order valence-corrected chi connectivity index (χ2v) is 7.38. The van der Waals surface area contributed by atoms with Crippen molar-refractivity contribution in [2.75, 3.05) is 27.2 Å². The van der Waals surface area contributed by atoms with Crippen LogP contribution < -0.4 is 10.6 Å². The van der Waals surface area contributed by atoms with Gasteiger partial charge in [0.25, 0.3) is 5.91 Å². The van der Waals surface area contributed by atoms with Gasteiger partial charge in [-0.05, 0) is 31.8 Å². The highest BCUT2D eigenvalue weighted by molar-refractivity contribution is 6.49. The Bertz CT molecular complexity index is 981. The molecule has 1 aliphatic rings. The van der Waals surface area contributed by atoms with E-state index in [1.807, 2.05) is 19.0 Å². The van der Waals surface area contributed by atoms with Crippen molar-refractivity contribution < 1.29 is 14.4 Å². The van der Waals surface area contributed by atoms with Crippen molar-refractivity contribution in [2.24, 2.45) is 0 Å². The van der Waals surface area contributed by atoms with Crippen LogP contribution in [0.1, 0.15) is 36.6 Å². The molecule has 6 nitrogen and oxygen atoms in total. The van der Waals surface area contributed by atoms with E-state index >= 15 is 0 Å². The smallest absolute Gasteiger partial charge is 0.251 e. The monoisotopic (exact) mass is 411 g/mol. The van der Waals surface area contributed by atoms with Gasteiger partial charge in [0, 0.05) is 36.3 Å². The third kappa shape index (κ3) is 4.72. The number of hydrogen-bond acceptors (Lipinski definition) is 5. The van der Waals surface area contributed by atoms with Crippen molar-refractivity contribution in [3.8, 4) is 0 Å². The summed E-state index contributed by atoms with van der Waals surface area (Å²) in [5, 5.41) is 5.73. The Labute approximate surface area is 174 Å². The van der Waals surface area contributed by atoms with Gasteiger partial charge in [-0.1, -0.05) is 48.0 Å². The fraction of sp³-hybridized carbons (Fsp3) is 0.227. The van der Waals surface area contributed by atoms with E-state index in [1.165, 1.54) is 0 Å². The van der Waals surface area contributed by atoms with E-state index in [1.54, 1.807) is 48.5 Å². The summed E-state index contributed by atoms with van der Waals surface area (Å²) in [6, 6.07) is 13.7. The summed E-state index contributed by atoms with van der Waals surface area (Å²) in [6.45, 7) is 1.63. The number of likely N-dealkylation sites (N-methyl/N-ethyl adjacent to an activating group) is 1. The van der Waals surface area contributed by atoms with E-state index in [4.69, 9.17) is 11.6 Å². The SMILES string of the molecule is CN(C)CCNC(=O)c1ccc(CNC2=C(Cl)C(=O)c3ccccc3C2=O)cc1. The average molecular weight is 412 g/mol. The molecule has 1 amide bonds. The maximum absolute atomic E-state index is 12.7. The number of nitrogens with one attached hydrogen (secondary N) is 2. The second-order valence-electron chi connectivity index (χ2n) is 7.00. The first-order valence-corrected chi connectivity index (χ1v) is 9.60. The Morgan fingerprint density at radius 3 is 2.21 bits per heavy atom. The van der Waals surface area contributed by atoms with Gasteiger partial charge >= 0.3 is 0 Å². The normalized spacial score (nSPS) is 13.5. The molecule has 0 atom stereocenters. The summed E-state index contributed by atoms with van der Waals surface area (Å²) >= 11 is 6.15. The summed E-state index contributed by atoms with van der Waals surface area (Å²) in [7, 11) is 3.89. The Morgan fingerprint density at radius 2 is 1.59 bits per heavy atom. The van der Waals surface area contributed by atoms with Gasteiger partial charge in [0.2, 0.25) is 11.6 Å². The topological polar surface area (TPSA) is 78.5 Å². The summed E-state index contributed by atoms with van der Waals surface area (Å²) in [6.07, 6.45) is 0. The van der Waals surface area contributed by atoms with Gasteiger partial charge in [-0.3, -0.25) is 14.4 Å². The highest BCUT2D eigenvalue weighted by Crippen LogP contribution is 2.27. The highest BCUT2D eigenvalue weighted by atomic mass is 35.5. The number of allylic oxidation sites excluding steroid dienone is 2. The largest absolute Gasteiger partial charge is 0.376 e. The predicted molar refractivity (Wildman–Crippen MR) is 112 cm³/mol. The van der Waals surface area contributed by atoms with Gasteiger partial charge in [-0.15, -0.1) is 0 Å². The maximum Gasteiger partial charge on any atom is 0.251 e. The molecule has 150 valence electrons. The number of hydrogen-bond donors (Lipinski definition) is 2. The number of benzene rings is 2. The number of carbonyl (C=O) groups excluding carboxylic acids is 3. The molecule has 29 heavy (non-hydrogen) atoms. The molecule has 0 saturated heterocycles. The van der Waals surface area contributed by atoms with Crippen LogP contribution in [-0.2, 0) is 6.54 Å². The lowest BCUT2D eigenvalue weighted by Crippen LogP contribution is -2.31. The van der Waals surface area contributed by atoms with Crippen LogP contribution in [0.2, 0.25) is 0 Å². The Kier molecular flexibility index (Phi) is 6.46. The number of nitrogens with zero attached hydrogens (tertiary/aromatic N) is 1. The summed E-state index contributed by atoms with van der Waals surface area (Å²) in [4.78, 5) is 39.2. The van der Waals surface area contributed by atoms with E-state index in [9.17, 15) is 14.4 Å². The van der Waals surface area contributed by atoms with Crippen molar-refractivity contribution >= 4 is 29.1 Å². The van der Waals surface area contributed by atoms with E-state index in [0.29, 0.717) is 29.8 Å². The van der Waals surface area contributed by atoms with Gasteiger partial charge in [0.05, 0.1) is 0 Å². The van der Waals surface area contributed by atoms with Gasteiger partial charge in [-0.2, -0.15) is 0 Å². The quantitative estimate of drug-likeness (QED) is 0.732. The van der Waals surface area contributed by atoms with Crippen molar-refractivity contribution in [2.45, 2.75) is 6.54 Å². The van der Waals surface area contributed by atoms with Crippen LogP contribution in [0.5, 0.6) is 0 Å². The maximum atomic E-state index is 12.7. The molecule has 3 rings (SSSR count). The average Bonchev–Trinajstić information content (AvgIpc) is 2.72. The minimum absolute atomic E-state index is 0.0980. The number of amides is 1. The molecule has 2 N–H and O–H groups in total. The number of carbonyl (C=O) groups is 3. The molecule has 0 aliphatic heterocycles. The number of Topliss-reactive ketones (excluding diaryl/α,β-unsaturated/α-hetero) is 2. The van der Waals surface area contributed by atoms with E-state index in [0.717, 1.165) is 12.1 Å². The molecule has 1 aliphatic carbocycles. The fourth-order valence-corrected chi connectivity index (χ4v) is 3.22. The number of halogens is 1. The minimum Gasteiger partial charge on any atom is -0.376 e. The Hall–Kier alpha value is -2.96.